The molecule has 1 aromatic carbocycles. The molecule has 1 unspecified atom stereocenters. The number of ether oxygens (including phenoxy) is 1. The van der Waals surface area contributed by atoms with Gasteiger partial charge in [-0.05, 0) is 42.7 Å². The number of aryl methyl sites for hydroxylation is 1. The number of aromatic nitrogens is 3. The SMILES string of the molecule is Cc1c[nH]c2nccc(Oc3ccc(CC(N)C(=O)N4CCc5ncsc5C4)cc3F)c12. The van der Waals surface area contributed by atoms with Crippen LogP contribution in [0, 0.1) is 12.7 Å². The number of nitrogens with zero attached hydrogens (tertiary/aromatic N) is 3. The largest absolute Gasteiger partial charge is 0.453 e. The summed E-state index contributed by atoms with van der Waals surface area (Å²) in [6.07, 6.45) is 4.43. The number of H-pyrrole nitrogens is 1. The molecule has 7 nitrogen and oxygen atoms in total. The highest BCUT2D eigenvalue weighted by molar-refractivity contribution is 7.09. The van der Waals surface area contributed by atoms with E-state index in [2.05, 4.69) is 15.0 Å². The summed E-state index contributed by atoms with van der Waals surface area (Å²) < 4.78 is 20.7. The Bertz CT molecular complexity index is 1300. The van der Waals surface area contributed by atoms with Crippen LogP contribution in [0.3, 0.4) is 0 Å². The molecule has 0 bridgehead atoms. The summed E-state index contributed by atoms with van der Waals surface area (Å²) in [5.41, 5.74) is 11.3. The fraction of sp³-hybridized carbons (Fsp3) is 0.261. The first-order valence-corrected chi connectivity index (χ1v) is 11.2. The van der Waals surface area contributed by atoms with Gasteiger partial charge in [0, 0.05) is 30.2 Å². The molecule has 0 spiro atoms. The maximum atomic E-state index is 14.8. The number of hydrogen-bond donors (Lipinski definition) is 2. The predicted octanol–water partition coefficient (Wildman–Crippen LogP) is 3.71. The Morgan fingerprint density at radius 3 is 3.06 bits per heavy atom. The lowest BCUT2D eigenvalue weighted by Gasteiger charge is -2.28. The molecule has 0 fully saturated rings. The van der Waals surface area contributed by atoms with Crippen molar-refractivity contribution in [3.05, 3.63) is 69.7 Å². The van der Waals surface area contributed by atoms with E-state index in [4.69, 9.17) is 10.5 Å². The van der Waals surface area contributed by atoms with E-state index in [0.29, 0.717) is 30.0 Å². The smallest absolute Gasteiger partial charge is 0.240 e. The topological polar surface area (TPSA) is 97.1 Å². The van der Waals surface area contributed by atoms with Gasteiger partial charge < -0.3 is 20.4 Å². The standard InChI is InChI=1S/C23H22FN5O2S/c1-13-10-27-22-21(13)19(4-6-26-22)31-18-3-2-14(8-15(18)24)9-16(25)23(30)29-7-5-17-20(11-29)32-12-28-17/h2-4,6,8,10,12,16H,5,7,9,11,25H2,1H3,(H,26,27). The van der Waals surface area contributed by atoms with Gasteiger partial charge in [0.2, 0.25) is 5.91 Å². The first kappa shape index (κ1) is 20.6. The number of rotatable bonds is 5. The molecule has 1 atom stereocenters. The van der Waals surface area contributed by atoms with E-state index in [9.17, 15) is 9.18 Å². The number of halogens is 1. The summed E-state index contributed by atoms with van der Waals surface area (Å²) in [5, 5.41) is 0.814. The minimum absolute atomic E-state index is 0.107. The molecule has 32 heavy (non-hydrogen) atoms. The quantitative estimate of drug-likeness (QED) is 0.482. The molecule has 4 heterocycles. The number of nitrogens with one attached hydrogen (secondary N) is 1. The number of fused-ring (bicyclic) bond motifs is 2. The zero-order chi connectivity index (χ0) is 22.2. The number of hydrogen-bond acceptors (Lipinski definition) is 6. The number of amides is 1. The summed E-state index contributed by atoms with van der Waals surface area (Å²) in [7, 11) is 0. The molecule has 0 saturated carbocycles. The van der Waals surface area contributed by atoms with Gasteiger partial charge in [-0.25, -0.2) is 14.4 Å². The number of aromatic amines is 1. The Labute approximate surface area is 188 Å². The first-order chi connectivity index (χ1) is 15.5. The Morgan fingerprint density at radius 1 is 1.34 bits per heavy atom. The number of thiazole rings is 1. The molecule has 9 heteroatoms. The van der Waals surface area contributed by atoms with E-state index < -0.39 is 11.9 Å². The predicted molar refractivity (Wildman–Crippen MR) is 120 cm³/mol. The van der Waals surface area contributed by atoms with E-state index in [1.807, 2.05) is 13.1 Å². The van der Waals surface area contributed by atoms with Gasteiger partial charge in [-0.15, -0.1) is 11.3 Å². The maximum absolute atomic E-state index is 14.8. The summed E-state index contributed by atoms with van der Waals surface area (Å²) in [6.45, 7) is 3.07. The lowest BCUT2D eigenvalue weighted by Crippen LogP contribution is -2.46. The number of pyridine rings is 1. The summed E-state index contributed by atoms with van der Waals surface area (Å²) in [6, 6.07) is 5.66. The molecule has 1 aliphatic rings. The summed E-state index contributed by atoms with van der Waals surface area (Å²) in [4.78, 5) is 27.3. The van der Waals surface area contributed by atoms with Crippen molar-refractivity contribution in [1.82, 2.24) is 19.9 Å². The molecule has 0 aliphatic carbocycles. The molecule has 3 N–H and O–H groups in total. The van der Waals surface area contributed by atoms with E-state index in [1.165, 1.54) is 6.07 Å². The fourth-order valence-corrected chi connectivity index (χ4v) is 4.85. The molecule has 3 aromatic heterocycles. The number of carbonyl (C=O) groups is 1. The second kappa shape index (κ2) is 8.33. The first-order valence-electron chi connectivity index (χ1n) is 10.3. The third-order valence-corrected chi connectivity index (χ3v) is 6.57. The third-order valence-electron chi connectivity index (χ3n) is 5.71. The maximum Gasteiger partial charge on any atom is 0.240 e. The van der Waals surface area contributed by atoms with Crippen LogP contribution in [0.5, 0.6) is 11.5 Å². The van der Waals surface area contributed by atoms with E-state index in [-0.39, 0.29) is 18.1 Å². The second-order valence-electron chi connectivity index (χ2n) is 7.91. The van der Waals surface area contributed by atoms with Crippen LogP contribution in [-0.2, 0) is 24.2 Å². The Kier molecular flexibility index (Phi) is 5.36. The van der Waals surface area contributed by atoms with Crippen molar-refractivity contribution in [2.24, 2.45) is 5.73 Å². The molecule has 1 aliphatic heterocycles. The van der Waals surface area contributed by atoms with Gasteiger partial charge in [-0.2, -0.15) is 0 Å². The lowest BCUT2D eigenvalue weighted by atomic mass is 10.0. The van der Waals surface area contributed by atoms with Gasteiger partial charge >= 0.3 is 0 Å². The highest BCUT2D eigenvalue weighted by Crippen LogP contribution is 2.32. The van der Waals surface area contributed by atoms with Crippen molar-refractivity contribution in [2.45, 2.75) is 32.4 Å². The van der Waals surface area contributed by atoms with Crippen LogP contribution in [0.25, 0.3) is 11.0 Å². The van der Waals surface area contributed by atoms with Crippen LogP contribution in [-0.4, -0.2) is 38.3 Å². The van der Waals surface area contributed by atoms with Crippen LogP contribution in [0.4, 0.5) is 4.39 Å². The van der Waals surface area contributed by atoms with Gasteiger partial charge in [0.25, 0.3) is 0 Å². The van der Waals surface area contributed by atoms with Crippen LogP contribution in [0.15, 0.2) is 42.2 Å². The van der Waals surface area contributed by atoms with Gasteiger partial charge in [0.15, 0.2) is 11.6 Å². The van der Waals surface area contributed by atoms with Crippen molar-refractivity contribution >= 4 is 28.3 Å². The number of nitrogens with two attached hydrogens (primary N) is 1. The minimum Gasteiger partial charge on any atom is -0.453 e. The normalized spacial score (nSPS) is 14.4. The Morgan fingerprint density at radius 2 is 2.22 bits per heavy atom. The third kappa shape index (κ3) is 3.85. The summed E-state index contributed by atoms with van der Waals surface area (Å²) >= 11 is 1.55. The van der Waals surface area contributed by atoms with Gasteiger partial charge in [-0.1, -0.05) is 6.07 Å². The average Bonchev–Trinajstić information content (AvgIpc) is 3.41. The van der Waals surface area contributed by atoms with Crippen molar-refractivity contribution in [3.8, 4) is 11.5 Å². The monoisotopic (exact) mass is 451 g/mol. The highest BCUT2D eigenvalue weighted by atomic mass is 32.1. The fourth-order valence-electron chi connectivity index (χ4n) is 4.02. The van der Waals surface area contributed by atoms with Gasteiger partial charge in [0.05, 0.1) is 29.2 Å². The average molecular weight is 452 g/mol. The zero-order valence-electron chi connectivity index (χ0n) is 17.5. The highest BCUT2D eigenvalue weighted by Gasteiger charge is 2.26. The van der Waals surface area contributed by atoms with Crippen molar-refractivity contribution in [1.29, 1.82) is 0 Å². The zero-order valence-corrected chi connectivity index (χ0v) is 18.3. The molecule has 164 valence electrons. The molecule has 5 rings (SSSR count). The molecular weight excluding hydrogens is 429 g/mol. The number of benzene rings is 1. The Balaban J connectivity index is 1.28. The van der Waals surface area contributed by atoms with E-state index >= 15 is 0 Å². The van der Waals surface area contributed by atoms with Crippen molar-refractivity contribution in [2.75, 3.05) is 6.54 Å². The van der Waals surface area contributed by atoms with Crippen molar-refractivity contribution in [3.63, 3.8) is 0 Å². The van der Waals surface area contributed by atoms with Crippen LogP contribution in [0.2, 0.25) is 0 Å². The second-order valence-corrected chi connectivity index (χ2v) is 8.85. The van der Waals surface area contributed by atoms with Gasteiger partial charge in [-0.3, -0.25) is 4.79 Å². The minimum atomic E-state index is -0.738. The lowest BCUT2D eigenvalue weighted by molar-refractivity contribution is -0.133. The molecule has 1 amide bonds. The van der Waals surface area contributed by atoms with Crippen LogP contribution in [0.1, 0.15) is 21.7 Å². The van der Waals surface area contributed by atoms with Gasteiger partial charge in [0.1, 0.15) is 11.4 Å². The molecule has 4 aromatic rings. The number of carbonyl (C=O) groups excluding carboxylic acids is 1. The van der Waals surface area contributed by atoms with Crippen LogP contribution >= 0.6 is 11.3 Å². The van der Waals surface area contributed by atoms with E-state index in [0.717, 1.165) is 27.9 Å². The van der Waals surface area contributed by atoms with Crippen molar-refractivity contribution < 1.29 is 13.9 Å². The molecule has 0 radical (unpaired) electrons. The summed E-state index contributed by atoms with van der Waals surface area (Å²) in [5.74, 6) is -0.00483. The van der Waals surface area contributed by atoms with E-state index in [1.54, 1.807) is 46.1 Å². The molecular formula is C23H22FN5O2S. The molecule has 0 saturated heterocycles. The van der Waals surface area contributed by atoms with Crippen LogP contribution < -0.4 is 10.5 Å². The Hall–Kier alpha value is -3.30.